The number of benzene rings is 2. The molecular formula is C20H24N2O5S. The predicted octanol–water partition coefficient (Wildman–Crippen LogP) is 1.76. The minimum atomic E-state index is -3.23. The van der Waals surface area contributed by atoms with E-state index in [1.807, 2.05) is 6.07 Å². The third-order valence-electron chi connectivity index (χ3n) is 3.96. The van der Waals surface area contributed by atoms with Crippen molar-refractivity contribution in [2.24, 2.45) is 0 Å². The fourth-order valence-electron chi connectivity index (χ4n) is 2.49. The fourth-order valence-corrected chi connectivity index (χ4v) is 2.96. The van der Waals surface area contributed by atoms with E-state index in [0.717, 1.165) is 11.8 Å². The summed E-state index contributed by atoms with van der Waals surface area (Å²) in [4.78, 5) is 26.4. The lowest BCUT2D eigenvalue weighted by Gasteiger charge is -2.21. The number of hydrogen-bond donors (Lipinski definition) is 1. The molecule has 0 aromatic heterocycles. The molecule has 0 aliphatic rings. The maximum absolute atomic E-state index is 12.5. The average Bonchev–Trinajstić information content (AvgIpc) is 2.65. The maximum atomic E-state index is 12.5. The highest BCUT2D eigenvalue weighted by Gasteiger charge is 2.26. The minimum absolute atomic E-state index is 0.274. The number of amides is 1. The van der Waals surface area contributed by atoms with Crippen LogP contribution in [0.25, 0.3) is 0 Å². The van der Waals surface area contributed by atoms with Crippen LogP contribution in [0.1, 0.15) is 27.6 Å². The van der Waals surface area contributed by atoms with Gasteiger partial charge in [-0.1, -0.05) is 42.5 Å². The molecule has 0 heterocycles. The second kappa shape index (κ2) is 9.48. The van der Waals surface area contributed by atoms with Crippen molar-refractivity contribution in [3.05, 3.63) is 71.3 Å². The van der Waals surface area contributed by atoms with Crippen molar-refractivity contribution >= 4 is 21.9 Å². The maximum Gasteiger partial charge on any atom is 0.339 e. The second-order valence-electron chi connectivity index (χ2n) is 6.54. The third kappa shape index (κ3) is 6.47. The molecule has 7 nitrogen and oxygen atoms in total. The standard InChI is InChI=1S/C20H24N2O5S/c1-22(2)19(23)18(16-7-5-4-6-8-16)27-20(24)17-11-9-15(10-12-17)13-14-21-28(3,25)26/h4-12,18,21H,13-14H2,1-3H3/t18-/m0/s1. The van der Waals surface area contributed by atoms with E-state index in [2.05, 4.69) is 4.72 Å². The molecule has 0 aliphatic carbocycles. The highest BCUT2D eigenvalue weighted by Crippen LogP contribution is 2.21. The number of hydrogen-bond acceptors (Lipinski definition) is 5. The summed E-state index contributed by atoms with van der Waals surface area (Å²) in [5.74, 6) is -0.937. The van der Waals surface area contributed by atoms with Crippen LogP contribution in [0.2, 0.25) is 0 Å². The van der Waals surface area contributed by atoms with E-state index < -0.39 is 22.1 Å². The molecule has 150 valence electrons. The molecule has 1 atom stereocenters. The van der Waals surface area contributed by atoms with Gasteiger partial charge in [-0.25, -0.2) is 17.9 Å². The van der Waals surface area contributed by atoms with Gasteiger partial charge in [0, 0.05) is 26.2 Å². The molecule has 8 heteroatoms. The van der Waals surface area contributed by atoms with Crippen molar-refractivity contribution in [3.63, 3.8) is 0 Å². The normalized spacial score (nSPS) is 12.2. The molecule has 0 bridgehead atoms. The van der Waals surface area contributed by atoms with Crippen molar-refractivity contribution in [2.75, 3.05) is 26.9 Å². The van der Waals surface area contributed by atoms with Gasteiger partial charge in [0.15, 0.2) is 0 Å². The van der Waals surface area contributed by atoms with E-state index in [1.54, 1.807) is 62.6 Å². The van der Waals surface area contributed by atoms with Crippen molar-refractivity contribution in [3.8, 4) is 0 Å². The quantitative estimate of drug-likeness (QED) is 0.677. The molecule has 0 saturated carbocycles. The molecule has 0 radical (unpaired) electrons. The Balaban J connectivity index is 2.08. The lowest BCUT2D eigenvalue weighted by molar-refractivity contribution is -0.138. The highest BCUT2D eigenvalue weighted by atomic mass is 32.2. The Morgan fingerprint density at radius 1 is 1.04 bits per heavy atom. The monoisotopic (exact) mass is 404 g/mol. The van der Waals surface area contributed by atoms with Crippen LogP contribution in [0, 0.1) is 0 Å². The Bertz CT molecular complexity index is 909. The van der Waals surface area contributed by atoms with E-state index in [1.165, 1.54) is 4.90 Å². The Kier molecular flexibility index (Phi) is 7.31. The largest absolute Gasteiger partial charge is 0.444 e. The molecule has 0 spiro atoms. The minimum Gasteiger partial charge on any atom is -0.444 e. The number of rotatable bonds is 8. The van der Waals surface area contributed by atoms with Crippen molar-refractivity contribution in [2.45, 2.75) is 12.5 Å². The van der Waals surface area contributed by atoms with Crippen molar-refractivity contribution in [1.82, 2.24) is 9.62 Å². The van der Waals surface area contributed by atoms with Crippen molar-refractivity contribution < 1.29 is 22.7 Å². The molecule has 0 aliphatic heterocycles. The summed E-state index contributed by atoms with van der Waals surface area (Å²) in [5.41, 5.74) is 1.78. The smallest absolute Gasteiger partial charge is 0.339 e. The van der Waals surface area contributed by atoms with Crippen LogP contribution in [-0.2, 0) is 26.0 Å². The molecule has 0 saturated heterocycles. The molecule has 28 heavy (non-hydrogen) atoms. The van der Waals surface area contributed by atoms with Crippen LogP contribution in [0.15, 0.2) is 54.6 Å². The number of carbonyl (C=O) groups is 2. The van der Waals surface area contributed by atoms with E-state index in [0.29, 0.717) is 17.5 Å². The molecule has 2 aromatic carbocycles. The fraction of sp³-hybridized carbons (Fsp3) is 0.300. The van der Waals surface area contributed by atoms with Gasteiger partial charge in [-0.2, -0.15) is 0 Å². The zero-order chi connectivity index (χ0) is 20.7. The van der Waals surface area contributed by atoms with Gasteiger partial charge in [-0.05, 0) is 24.1 Å². The second-order valence-corrected chi connectivity index (χ2v) is 8.38. The summed E-state index contributed by atoms with van der Waals surface area (Å²) in [6.07, 6.45) is 0.570. The molecule has 0 fully saturated rings. The topological polar surface area (TPSA) is 92.8 Å². The number of likely N-dealkylation sites (N-methyl/N-ethyl adjacent to an activating group) is 1. The van der Waals surface area contributed by atoms with Crippen LogP contribution in [-0.4, -0.2) is 52.1 Å². The lowest BCUT2D eigenvalue weighted by Crippen LogP contribution is -2.31. The number of ether oxygens (including phenoxy) is 1. The Hall–Kier alpha value is -2.71. The van der Waals surface area contributed by atoms with Gasteiger partial charge in [0.1, 0.15) is 0 Å². The van der Waals surface area contributed by atoms with Crippen LogP contribution >= 0.6 is 0 Å². The predicted molar refractivity (Wildman–Crippen MR) is 106 cm³/mol. The van der Waals surface area contributed by atoms with E-state index in [4.69, 9.17) is 4.74 Å². The molecular weight excluding hydrogens is 380 g/mol. The van der Waals surface area contributed by atoms with Crippen LogP contribution in [0.5, 0.6) is 0 Å². The van der Waals surface area contributed by atoms with Gasteiger partial charge in [-0.15, -0.1) is 0 Å². The summed E-state index contributed by atoms with van der Waals surface area (Å²) < 4.78 is 30.1. The van der Waals surface area contributed by atoms with Crippen molar-refractivity contribution in [1.29, 1.82) is 0 Å². The van der Waals surface area contributed by atoms with Gasteiger partial charge in [-0.3, -0.25) is 4.79 Å². The number of nitrogens with one attached hydrogen (secondary N) is 1. The summed E-state index contributed by atoms with van der Waals surface area (Å²) in [6.45, 7) is 0.274. The first-order valence-electron chi connectivity index (χ1n) is 8.68. The molecule has 2 aromatic rings. The first kappa shape index (κ1) is 21.6. The first-order valence-corrected chi connectivity index (χ1v) is 10.6. The average molecular weight is 404 g/mol. The Morgan fingerprint density at radius 2 is 1.64 bits per heavy atom. The summed E-state index contributed by atoms with van der Waals surface area (Å²) in [5, 5.41) is 0. The van der Waals surface area contributed by atoms with E-state index >= 15 is 0 Å². The van der Waals surface area contributed by atoms with Gasteiger partial charge < -0.3 is 9.64 Å². The third-order valence-corrected chi connectivity index (χ3v) is 4.69. The zero-order valence-corrected chi connectivity index (χ0v) is 16.9. The van der Waals surface area contributed by atoms with Gasteiger partial charge in [0.2, 0.25) is 16.1 Å². The molecule has 2 rings (SSSR count). The number of esters is 1. The lowest BCUT2D eigenvalue weighted by atomic mass is 10.1. The SMILES string of the molecule is CN(C)C(=O)[C@@H](OC(=O)c1ccc(CCNS(C)(=O)=O)cc1)c1ccccc1. The van der Waals surface area contributed by atoms with E-state index in [-0.39, 0.29) is 12.5 Å². The first-order chi connectivity index (χ1) is 13.2. The summed E-state index contributed by atoms with van der Waals surface area (Å²) in [6, 6.07) is 15.5. The number of carbonyl (C=O) groups excluding carboxylic acids is 2. The van der Waals surface area contributed by atoms with Gasteiger partial charge in [0.25, 0.3) is 5.91 Å². The molecule has 0 unspecified atom stereocenters. The Morgan fingerprint density at radius 3 is 2.18 bits per heavy atom. The van der Waals surface area contributed by atoms with E-state index in [9.17, 15) is 18.0 Å². The summed E-state index contributed by atoms with van der Waals surface area (Å²) in [7, 11) is -0.0258. The van der Waals surface area contributed by atoms with Crippen LogP contribution in [0.4, 0.5) is 0 Å². The zero-order valence-electron chi connectivity index (χ0n) is 16.1. The molecule has 1 N–H and O–H groups in total. The number of nitrogens with zero attached hydrogens (tertiary/aromatic N) is 1. The van der Waals surface area contributed by atoms with Crippen LogP contribution in [0.3, 0.4) is 0 Å². The Labute approximate surface area is 165 Å². The summed E-state index contributed by atoms with van der Waals surface area (Å²) >= 11 is 0. The molecule has 1 amide bonds. The van der Waals surface area contributed by atoms with Gasteiger partial charge >= 0.3 is 5.97 Å². The number of sulfonamides is 1. The highest BCUT2D eigenvalue weighted by molar-refractivity contribution is 7.88. The van der Waals surface area contributed by atoms with Crippen LogP contribution < -0.4 is 4.72 Å². The van der Waals surface area contributed by atoms with Gasteiger partial charge in [0.05, 0.1) is 11.8 Å².